The summed E-state index contributed by atoms with van der Waals surface area (Å²) in [5, 5.41) is 4.58. The van der Waals surface area contributed by atoms with E-state index in [2.05, 4.69) is 5.32 Å². The van der Waals surface area contributed by atoms with E-state index in [-0.39, 0.29) is 12.3 Å². The number of anilines is 1. The maximum atomic E-state index is 10.8. The lowest BCUT2D eigenvalue weighted by atomic mass is 10.1. The fourth-order valence-electron chi connectivity index (χ4n) is 1.82. The van der Waals surface area contributed by atoms with Crippen LogP contribution in [0.5, 0.6) is 0 Å². The van der Waals surface area contributed by atoms with E-state index >= 15 is 0 Å². The molecule has 0 aromatic heterocycles. The minimum atomic E-state index is -0.337. The van der Waals surface area contributed by atoms with Gasteiger partial charge in [0.1, 0.15) is 0 Å². The first kappa shape index (κ1) is 14.7. The van der Waals surface area contributed by atoms with Crippen LogP contribution in [0.2, 0.25) is 10.0 Å². The van der Waals surface area contributed by atoms with Crippen molar-refractivity contribution >= 4 is 34.8 Å². The van der Waals surface area contributed by atoms with Gasteiger partial charge in [0.25, 0.3) is 0 Å². The Labute approximate surface area is 127 Å². The second-order valence-corrected chi connectivity index (χ2v) is 5.27. The fourth-order valence-corrected chi connectivity index (χ4v) is 2.20. The molecule has 20 heavy (non-hydrogen) atoms. The number of halogens is 2. The molecule has 0 heterocycles. The molecule has 0 aliphatic carbocycles. The standard InChI is InChI=1S/C15H14Cl2N2O/c16-12-3-6-14(17)11(8-12)9-19-13-4-1-10(2-5-13)7-15(18)20/h1-6,8,19H,7,9H2,(H2,18,20). The van der Waals surface area contributed by atoms with Crippen molar-refractivity contribution in [1.82, 2.24) is 0 Å². The Morgan fingerprint density at radius 2 is 1.80 bits per heavy atom. The van der Waals surface area contributed by atoms with Gasteiger partial charge in [-0.05, 0) is 41.5 Å². The summed E-state index contributed by atoms with van der Waals surface area (Å²) < 4.78 is 0. The van der Waals surface area contributed by atoms with E-state index < -0.39 is 0 Å². The van der Waals surface area contributed by atoms with E-state index in [0.717, 1.165) is 16.8 Å². The van der Waals surface area contributed by atoms with Crippen molar-refractivity contribution in [3.05, 3.63) is 63.6 Å². The number of nitrogens with one attached hydrogen (secondary N) is 1. The van der Waals surface area contributed by atoms with Gasteiger partial charge in [-0.25, -0.2) is 0 Å². The zero-order valence-electron chi connectivity index (χ0n) is 10.7. The van der Waals surface area contributed by atoms with Crippen LogP contribution in [0.3, 0.4) is 0 Å². The summed E-state index contributed by atoms with van der Waals surface area (Å²) in [6.07, 6.45) is 0.250. The predicted molar refractivity (Wildman–Crippen MR) is 83.1 cm³/mol. The van der Waals surface area contributed by atoms with E-state index in [1.54, 1.807) is 12.1 Å². The number of carbonyl (C=O) groups excluding carboxylic acids is 1. The maximum absolute atomic E-state index is 10.8. The maximum Gasteiger partial charge on any atom is 0.221 e. The number of hydrogen-bond acceptors (Lipinski definition) is 2. The average Bonchev–Trinajstić information content (AvgIpc) is 2.41. The van der Waals surface area contributed by atoms with Crippen LogP contribution in [0, 0.1) is 0 Å². The third kappa shape index (κ3) is 4.15. The first-order valence-electron chi connectivity index (χ1n) is 6.09. The summed E-state index contributed by atoms with van der Waals surface area (Å²) in [4.78, 5) is 10.8. The molecule has 0 unspecified atom stereocenters. The largest absolute Gasteiger partial charge is 0.381 e. The number of nitrogens with two attached hydrogens (primary N) is 1. The minimum absolute atomic E-state index is 0.250. The van der Waals surface area contributed by atoms with Gasteiger partial charge >= 0.3 is 0 Å². The van der Waals surface area contributed by atoms with Crippen LogP contribution < -0.4 is 11.1 Å². The van der Waals surface area contributed by atoms with Crippen molar-refractivity contribution in [2.45, 2.75) is 13.0 Å². The molecule has 3 nitrogen and oxygen atoms in total. The zero-order valence-corrected chi connectivity index (χ0v) is 12.2. The fraction of sp³-hybridized carbons (Fsp3) is 0.133. The highest BCUT2D eigenvalue weighted by Crippen LogP contribution is 2.21. The molecule has 0 saturated heterocycles. The van der Waals surface area contributed by atoms with Gasteiger partial charge < -0.3 is 11.1 Å². The number of benzene rings is 2. The van der Waals surface area contributed by atoms with Gasteiger partial charge in [0.05, 0.1) is 6.42 Å². The summed E-state index contributed by atoms with van der Waals surface area (Å²) in [6, 6.07) is 12.9. The Bertz CT molecular complexity index is 612. The van der Waals surface area contributed by atoms with Gasteiger partial charge in [-0.3, -0.25) is 4.79 Å². The first-order valence-corrected chi connectivity index (χ1v) is 6.85. The SMILES string of the molecule is NC(=O)Cc1ccc(NCc2cc(Cl)ccc2Cl)cc1. The van der Waals surface area contributed by atoms with Crippen LogP contribution in [0.1, 0.15) is 11.1 Å². The third-order valence-electron chi connectivity index (χ3n) is 2.82. The Morgan fingerprint density at radius 1 is 1.10 bits per heavy atom. The number of rotatable bonds is 5. The van der Waals surface area contributed by atoms with Crippen molar-refractivity contribution in [2.24, 2.45) is 5.73 Å². The molecule has 0 saturated carbocycles. The van der Waals surface area contributed by atoms with Crippen LogP contribution >= 0.6 is 23.2 Å². The van der Waals surface area contributed by atoms with Crippen molar-refractivity contribution in [1.29, 1.82) is 0 Å². The number of primary amides is 1. The quantitative estimate of drug-likeness (QED) is 0.886. The van der Waals surface area contributed by atoms with Gasteiger partial charge in [-0.1, -0.05) is 35.3 Å². The van der Waals surface area contributed by atoms with E-state index in [1.165, 1.54) is 0 Å². The van der Waals surface area contributed by atoms with Crippen molar-refractivity contribution in [3.63, 3.8) is 0 Å². The molecule has 0 aliphatic rings. The second kappa shape index (κ2) is 6.64. The van der Waals surface area contributed by atoms with Crippen LogP contribution in [-0.2, 0) is 17.8 Å². The van der Waals surface area contributed by atoms with Crippen LogP contribution in [-0.4, -0.2) is 5.91 Å². The van der Waals surface area contributed by atoms with E-state index in [4.69, 9.17) is 28.9 Å². The molecule has 104 valence electrons. The molecule has 2 aromatic carbocycles. The number of hydrogen-bond donors (Lipinski definition) is 2. The number of carbonyl (C=O) groups is 1. The Hall–Kier alpha value is -1.71. The monoisotopic (exact) mass is 308 g/mol. The Kier molecular flexibility index (Phi) is 4.88. The topological polar surface area (TPSA) is 55.1 Å². The van der Waals surface area contributed by atoms with Crippen LogP contribution in [0.25, 0.3) is 0 Å². The van der Waals surface area contributed by atoms with Gasteiger partial charge in [0.2, 0.25) is 5.91 Å². The molecule has 2 aromatic rings. The number of amides is 1. The lowest BCUT2D eigenvalue weighted by molar-refractivity contribution is -0.117. The molecule has 0 radical (unpaired) electrons. The highest BCUT2D eigenvalue weighted by molar-refractivity contribution is 6.33. The molecule has 5 heteroatoms. The van der Waals surface area contributed by atoms with Crippen LogP contribution in [0.15, 0.2) is 42.5 Å². The summed E-state index contributed by atoms with van der Waals surface area (Å²) in [7, 11) is 0. The molecule has 0 atom stereocenters. The van der Waals surface area contributed by atoms with Crippen LogP contribution in [0.4, 0.5) is 5.69 Å². The normalized spacial score (nSPS) is 10.3. The smallest absolute Gasteiger partial charge is 0.221 e. The molecule has 2 rings (SSSR count). The second-order valence-electron chi connectivity index (χ2n) is 4.43. The lowest BCUT2D eigenvalue weighted by Gasteiger charge is -2.09. The molecule has 0 bridgehead atoms. The van der Waals surface area contributed by atoms with Crippen molar-refractivity contribution in [2.75, 3.05) is 5.32 Å². The van der Waals surface area contributed by atoms with Crippen molar-refractivity contribution in [3.8, 4) is 0 Å². The molecular formula is C15H14Cl2N2O. The highest BCUT2D eigenvalue weighted by atomic mass is 35.5. The first-order chi connectivity index (χ1) is 9.54. The van der Waals surface area contributed by atoms with Gasteiger partial charge in [0.15, 0.2) is 0 Å². The van der Waals surface area contributed by atoms with E-state index in [1.807, 2.05) is 30.3 Å². The van der Waals surface area contributed by atoms with Gasteiger partial charge in [0, 0.05) is 22.3 Å². The van der Waals surface area contributed by atoms with Gasteiger partial charge in [-0.15, -0.1) is 0 Å². The lowest BCUT2D eigenvalue weighted by Crippen LogP contribution is -2.13. The molecule has 0 fully saturated rings. The molecule has 3 N–H and O–H groups in total. The Balaban J connectivity index is 2.00. The molecule has 1 amide bonds. The minimum Gasteiger partial charge on any atom is -0.381 e. The summed E-state index contributed by atoms with van der Waals surface area (Å²) >= 11 is 12.0. The molecule has 0 aliphatic heterocycles. The molecular weight excluding hydrogens is 295 g/mol. The predicted octanol–water partition coefficient (Wildman–Crippen LogP) is 3.63. The van der Waals surface area contributed by atoms with Gasteiger partial charge in [-0.2, -0.15) is 0 Å². The average molecular weight is 309 g/mol. The zero-order chi connectivity index (χ0) is 14.5. The highest BCUT2D eigenvalue weighted by Gasteiger charge is 2.02. The third-order valence-corrected chi connectivity index (χ3v) is 3.43. The Morgan fingerprint density at radius 3 is 2.45 bits per heavy atom. The summed E-state index contributed by atoms with van der Waals surface area (Å²) in [6.45, 7) is 0.578. The summed E-state index contributed by atoms with van der Waals surface area (Å²) in [5.41, 5.74) is 7.91. The van der Waals surface area contributed by atoms with E-state index in [0.29, 0.717) is 16.6 Å². The molecule has 0 spiro atoms. The van der Waals surface area contributed by atoms with Crippen molar-refractivity contribution < 1.29 is 4.79 Å². The summed E-state index contributed by atoms with van der Waals surface area (Å²) in [5.74, 6) is -0.337. The van der Waals surface area contributed by atoms with E-state index in [9.17, 15) is 4.79 Å².